The number of fused-ring (bicyclic) bond motifs is 1. The Morgan fingerprint density at radius 2 is 1.91 bits per heavy atom. The van der Waals surface area contributed by atoms with Gasteiger partial charge in [0.05, 0.1) is 0 Å². The van der Waals surface area contributed by atoms with Gasteiger partial charge >= 0.3 is 0 Å². The van der Waals surface area contributed by atoms with E-state index in [1.165, 1.54) is 16.4 Å². The fourth-order valence-electron chi connectivity index (χ4n) is 3.32. The predicted molar refractivity (Wildman–Crippen MR) is 84.6 cm³/mol. The van der Waals surface area contributed by atoms with Gasteiger partial charge in [-0.05, 0) is 44.1 Å². The first kappa shape index (κ1) is 15.5. The molecule has 2 N–H and O–H groups in total. The third-order valence-electron chi connectivity index (χ3n) is 4.52. The molecule has 2 heterocycles. The minimum absolute atomic E-state index is 0.361. The number of aromatic amines is 1. The molecule has 0 unspecified atom stereocenters. The second-order valence-electron chi connectivity index (χ2n) is 5.92. The third-order valence-corrected chi connectivity index (χ3v) is 7.10. The number of hydrogen-bond acceptors (Lipinski definition) is 3. The van der Waals surface area contributed by atoms with Crippen molar-refractivity contribution in [1.82, 2.24) is 14.6 Å². The SMILES string of the molecule is CN(C)S(=O)(=O)C1(c2c[nH]c3ccc(F)cc23)CCNCC1. The summed E-state index contributed by atoms with van der Waals surface area (Å²) < 4.78 is 40.0. The van der Waals surface area contributed by atoms with Gasteiger partial charge in [-0.15, -0.1) is 0 Å². The maximum Gasteiger partial charge on any atom is 0.223 e. The molecule has 5 nitrogen and oxygen atoms in total. The molecule has 1 aliphatic heterocycles. The molecule has 0 amide bonds. The number of nitrogens with one attached hydrogen (secondary N) is 2. The van der Waals surface area contributed by atoms with E-state index >= 15 is 0 Å². The summed E-state index contributed by atoms with van der Waals surface area (Å²) >= 11 is 0. The highest BCUT2D eigenvalue weighted by Crippen LogP contribution is 2.43. The molecule has 1 saturated heterocycles. The van der Waals surface area contributed by atoms with Crippen LogP contribution in [-0.4, -0.2) is 44.9 Å². The lowest BCUT2D eigenvalue weighted by Crippen LogP contribution is -2.49. The molecule has 3 rings (SSSR count). The Morgan fingerprint density at radius 1 is 1.23 bits per heavy atom. The summed E-state index contributed by atoms with van der Waals surface area (Å²) in [6.07, 6.45) is 2.66. The number of sulfonamides is 1. The summed E-state index contributed by atoms with van der Waals surface area (Å²) in [5.74, 6) is -0.361. The van der Waals surface area contributed by atoms with Crippen molar-refractivity contribution in [1.29, 1.82) is 0 Å². The van der Waals surface area contributed by atoms with Crippen molar-refractivity contribution < 1.29 is 12.8 Å². The molecule has 1 aromatic carbocycles. The Kier molecular flexibility index (Phi) is 3.74. The topological polar surface area (TPSA) is 65.2 Å². The Labute approximate surface area is 129 Å². The van der Waals surface area contributed by atoms with Crippen LogP contribution in [0.3, 0.4) is 0 Å². The van der Waals surface area contributed by atoms with Gasteiger partial charge in [-0.2, -0.15) is 0 Å². The largest absolute Gasteiger partial charge is 0.361 e. The van der Waals surface area contributed by atoms with E-state index in [-0.39, 0.29) is 5.82 Å². The molecule has 0 aliphatic carbocycles. The van der Waals surface area contributed by atoms with E-state index in [9.17, 15) is 12.8 Å². The number of benzene rings is 1. The molecule has 2 aromatic rings. The second-order valence-corrected chi connectivity index (χ2v) is 8.39. The van der Waals surface area contributed by atoms with Gasteiger partial charge in [0, 0.05) is 36.8 Å². The number of aromatic nitrogens is 1. The number of piperidine rings is 1. The van der Waals surface area contributed by atoms with Crippen molar-refractivity contribution in [3.05, 3.63) is 35.8 Å². The lowest BCUT2D eigenvalue weighted by Gasteiger charge is -2.38. The van der Waals surface area contributed by atoms with Crippen molar-refractivity contribution >= 4 is 20.9 Å². The fraction of sp³-hybridized carbons (Fsp3) is 0.467. The van der Waals surface area contributed by atoms with Crippen molar-refractivity contribution in [3.63, 3.8) is 0 Å². The summed E-state index contributed by atoms with van der Waals surface area (Å²) in [5, 5.41) is 3.85. The van der Waals surface area contributed by atoms with Gasteiger partial charge in [-0.25, -0.2) is 17.1 Å². The molecule has 1 aromatic heterocycles. The highest BCUT2D eigenvalue weighted by atomic mass is 32.2. The van der Waals surface area contributed by atoms with Crippen LogP contribution in [0.4, 0.5) is 4.39 Å². The quantitative estimate of drug-likeness (QED) is 0.904. The molecule has 7 heteroatoms. The zero-order valence-corrected chi connectivity index (χ0v) is 13.5. The normalized spacial score (nSPS) is 18.9. The maximum absolute atomic E-state index is 13.7. The van der Waals surface area contributed by atoms with E-state index in [1.54, 1.807) is 26.4 Å². The van der Waals surface area contributed by atoms with Crippen molar-refractivity contribution in [2.45, 2.75) is 17.6 Å². The van der Waals surface area contributed by atoms with Gasteiger partial charge in [0.1, 0.15) is 10.6 Å². The summed E-state index contributed by atoms with van der Waals surface area (Å²) in [4.78, 5) is 3.08. The molecule has 0 radical (unpaired) electrons. The summed E-state index contributed by atoms with van der Waals surface area (Å²) in [6.45, 7) is 1.24. The second kappa shape index (κ2) is 5.33. The average Bonchev–Trinajstić information content (AvgIpc) is 2.91. The summed E-state index contributed by atoms with van der Waals surface area (Å²) in [6, 6.07) is 4.43. The maximum atomic E-state index is 13.7. The zero-order valence-electron chi connectivity index (χ0n) is 12.7. The van der Waals surface area contributed by atoms with Gasteiger partial charge in [-0.3, -0.25) is 0 Å². The monoisotopic (exact) mass is 325 g/mol. The van der Waals surface area contributed by atoms with Gasteiger partial charge in [0.2, 0.25) is 10.0 Å². The number of hydrogen-bond donors (Lipinski definition) is 2. The van der Waals surface area contributed by atoms with Crippen LogP contribution in [-0.2, 0) is 14.8 Å². The van der Waals surface area contributed by atoms with Crippen LogP contribution >= 0.6 is 0 Å². The van der Waals surface area contributed by atoms with Crippen LogP contribution in [0.5, 0.6) is 0 Å². The minimum Gasteiger partial charge on any atom is -0.361 e. The molecule has 0 atom stereocenters. The molecular weight excluding hydrogens is 305 g/mol. The third kappa shape index (κ3) is 2.15. The Bertz CT molecular complexity index is 792. The smallest absolute Gasteiger partial charge is 0.223 e. The molecular formula is C15H20FN3O2S. The Balaban J connectivity index is 2.27. The molecule has 0 saturated carbocycles. The molecule has 0 bridgehead atoms. The first-order chi connectivity index (χ1) is 10.4. The van der Waals surface area contributed by atoms with Crippen LogP contribution in [0.15, 0.2) is 24.4 Å². The predicted octanol–water partition coefficient (Wildman–Crippen LogP) is 1.78. The van der Waals surface area contributed by atoms with Crippen LogP contribution in [0.25, 0.3) is 10.9 Å². The molecule has 1 aliphatic rings. The van der Waals surface area contributed by atoms with Crippen molar-refractivity contribution in [3.8, 4) is 0 Å². The van der Waals surface area contributed by atoms with Crippen molar-refractivity contribution in [2.75, 3.05) is 27.2 Å². The van der Waals surface area contributed by atoms with E-state index in [4.69, 9.17) is 0 Å². The fourth-order valence-corrected chi connectivity index (χ4v) is 5.18. The van der Waals surface area contributed by atoms with E-state index < -0.39 is 14.8 Å². The Morgan fingerprint density at radius 3 is 2.55 bits per heavy atom. The lowest BCUT2D eigenvalue weighted by molar-refractivity contribution is 0.374. The Hall–Kier alpha value is -1.44. The highest BCUT2D eigenvalue weighted by Gasteiger charge is 2.48. The standard InChI is InChI=1S/C15H20FN3O2S/c1-19(2)22(20,21)15(5-7-17-8-6-15)13-10-18-14-4-3-11(16)9-12(13)14/h3-4,9-10,17-18H,5-8H2,1-2H3. The first-order valence-electron chi connectivity index (χ1n) is 7.28. The molecule has 22 heavy (non-hydrogen) atoms. The van der Waals surface area contributed by atoms with E-state index in [1.807, 2.05) is 0 Å². The summed E-state index contributed by atoms with van der Waals surface area (Å²) in [5.41, 5.74) is 1.42. The number of nitrogens with zero attached hydrogens (tertiary/aromatic N) is 1. The number of halogens is 1. The van der Waals surface area contributed by atoms with Crippen LogP contribution < -0.4 is 5.32 Å². The van der Waals surface area contributed by atoms with Gasteiger partial charge in [0.25, 0.3) is 0 Å². The summed E-state index contributed by atoms with van der Waals surface area (Å²) in [7, 11) is -0.438. The van der Waals surface area contributed by atoms with Gasteiger partial charge < -0.3 is 10.3 Å². The first-order valence-corrected chi connectivity index (χ1v) is 8.72. The molecule has 0 spiro atoms. The van der Waals surface area contributed by atoms with Crippen LogP contribution in [0, 0.1) is 5.82 Å². The van der Waals surface area contributed by atoms with Crippen LogP contribution in [0.1, 0.15) is 18.4 Å². The minimum atomic E-state index is -3.54. The number of rotatable bonds is 3. The molecule has 1 fully saturated rings. The lowest BCUT2D eigenvalue weighted by atomic mass is 9.89. The van der Waals surface area contributed by atoms with E-state index in [2.05, 4.69) is 10.3 Å². The number of H-pyrrole nitrogens is 1. The molecule has 120 valence electrons. The van der Waals surface area contributed by atoms with Crippen molar-refractivity contribution in [2.24, 2.45) is 0 Å². The average molecular weight is 325 g/mol. The van der Waals surface area contributed by atoms with Gasteiger partial charge in [-0.1, -0.05) is 0 Å². The van der Waals surface area contributed by atoms with E-state index in [0.29, 0.717) is 36.9 Å². The van der Waals surface area contributed by atoms with Crippen LogP contribution in [0.2, 0.25) is 0 Å². The zero-order chi connectivity index (χ0) is 16.0. The van der Waals surface area contributed by atoms with E-state index in [0.717, 1.165) is 5.52 Å². The van der Waals surface area contributed by atoms with Gasteiger partial charge in [0.15, 0.2) is 0 Å². The highest BCUT2D eigenvalue weighted by molar-refractivity contribution is 7.90.